The summed E-state index contributed by atoms with van der Waals surface area (Å²) >= 11 is 5.70. The van der Waals surface area contributed by atoms with Crippen LogP contribution in [0, 0.1) is 0 Å². The maximum absolute atomic E-state index is 5.70. The van der Waals surface area contributed by atoms with Crippen LogP contribution in [0.5, 0.6) is 5.75 Å². The van der Waals surface area contributed by atoms with Crippen molar-refractivity contribution in [3.8, 4) is 5.75 Å². The molecule has 4 heteroatoms. The fraction of sp³-hybridized carbons (Fsp3) is 0.583. The van der Waals surface area contributed by atoms with E-state index in [0.717, 1.165) is 31.1 Å². The summed E-state index contributed by atoms with van der Waals surface area (Å²) in [6, 6.07) is 3.74. The van der Waals surface area contributed by atoms with Gasteiger partial charge >= 0.3 is 0 Å². The van der Waals surface area contributed by atoms with E-state index in [2.05, 4.69) is 23.7 Å². The molecule has 16 heavy (non-hydrogen) atoms. The summed E-state index contributed by atoms with van der Waals surface area (Å²) in [4.78, 5) is 6.43. The Morgan fingerprint density at radius 2 is 2.12 bits per heavy atom. The van der Waals surface area contributed by atoms with Gasteiger partial charge in [-0.3, -0.25) is 4.98 Å². The second kappa shape index (κ2) is 7.47. The van der Waals surface area contributed by atoms with Crippen molar-refractivity contribution in [3.05, 3.63) is 24.0 Å². The second-order valence-corrected chi connectivity index (χ2v) is 3.76. The van der Waals surface area contributed by atoms with Crippen LogP contribution in [0.15, 0.2) is 18.3 Å². The minimum Gasteiger partial charge on any atom is -0.492 e. The number of hydrogen-bond acceptors (Lipinski definition) is 3. The molecule has 0 saturated carbocycles. The first-order valence-corrected chi connectivity index (χ1v) is 6.19. The Bertz CT molecular complexity index is 303. The van der Waals surface area contributed by atoms with Crippen LogP contribution in [0.1, 0.15) is 19.5 Å². The Labute approximate surface area is 102 Å². The summed E-state index contributed by atoms with van der Waals surface area (Å²) in [5, 5.41) is 0. The van der Waals surface area contributed by atoms with Crippen LogP contribution >= 0.6 is 11.6 Å². The summed E-state index contributed by atoms with van der Waals surface area (Å²) in [6.07, 6.45) is 1.73. The lowest BCUT2D eigenvalue weighted by Crippen LogP contribution is -2.27. The molecule has 0 N–H and O–H groups in total. The molecule has 0 atom stereocenters. The first-order chi connectivity index (χ1) is 7.80. The zero-order valence-electron chi connectivity index (χ0n) is 9.95. The Kier molecular flexibility index (Phi) is 6.19. The van der Waals surface area contributed by atoms with Gasteiger partial charge in [-0.15, -0.1) is 11.6 Å². The molecule has 1 heterocycles. The predicted octanol–water partition coefficient (Wildman–Crippen LogP) is 2.54. The largest absolute Gasteiger partial charge is 0.492 e. The lowest BCUT2D eigenvalue weighted by atomic mass is 10.3. The van der Waals surface area contributed by atoms with Gasteiger partial charge < -0.3 is 9.64 Å². The van der Waals surface area contributed by atoms with E-state index in [-0.39, 0.29) is 0 Å². The molecule has 1 aromatic heterocycles. The summed E-state index contributed by atoms with van der Waals surface area (Å²) in [5.41, 5.74) is 0.849. The average Bonchev–Trinajstić information content (AvgIpc) is 2.35. The Hall–Kier alpha value is -0.800. The number of nitrogens with zero attached hydrogens (tertiary/aromatic N) is 2. The van der Waals surface area contributed by atoms with Crippen molar-refractivity contribution in [2.45, 2.75) is 19.7 Å². The lowest BCUT2D eigenvalue weighted by Gasteiger charge is -2.18. The molecule has 1 rings (SSSR count). The zero-order chi connectivity index (χ0) is 11.8. The highest BCUT2D eigenvalue weighted by molar-refractivity contribution is 6.16. The molecular weight excluding hydrogens is 224 g/mol. The SMILES string of the molecule is CCN(CC)CCOc1ccnc(CCl)c1. The lowest BCUT2D eigenvalue weighted by molar-refractivity contribution is 0.222. The van der Waals surface area contributed by atoms with E-state index in [0.29, 0.717) is 12.5 Å². The van der Waals surface area contributed by atoms with E-state index in [4.69, 9.17) is 16.3 Å². The standard InChI is InChI=1S/C12H19ClN2O/c1-3-15(4-2)7-8-16-12-5-6-14-11(9-12)10-13/h5-6,9H,3-4,7-8,10H2,1-2H3. The van der Waals surface area contributed by atoms with E-state index < -0.39 is 0 Å². The van der Waals surface area contributed by atoms with Crippen molar-refractivity contribution >= 4 is 11.6 Å². The van der Waals surface area contributed by atoms with E-state index in [1.165, 1.54) is 0 Å². The Balaban J connectivity index is 2.36. The number of likely N-dealkylation sites (N-methyl/N-ethyl adjacent to an activating group) is 1. The second-order valence-electron chi connectivity index (χ2n) is 3.49. The molecule has 0 fully saturated rings. The molecule has 90 valence electrons. The van der Waals surface area contributed by atoms with Crippen LogP contribution in [-0.4, -0.2) is 36.1 Å². The topological polar surface area (TPSA) is 25.4 Å². The molecule has 1 aromatic rings. The van der Waals surface area contributed by atoms with Gasteiger partial charge in [0.15, 0.2) is 0 Å². The third kappa shape index (κ3) is 4.37. The minimum absolute atomic E-state index is 0.424. The van der Waals surface area contributed by atoms with Crippen LogP contribution < -0.4 is 4.74 Å². The highest BCUT2D eigenvalue weighted by atomic mass is 35.5. The molecule has 0 aliphatic carbocycles. The van der Waals surface area contributed by atoms with Gasteiger partial charge in [-0.1, -0.05) is 13.8 Å². The molecule has 0 radical (unpaired) electrons. The maximum Gasteiger partial charge on any atom is 0.122 e. The molecule has 0 amide bonds. The van der Waals surface area contributed by atoms with Crippen LogP contribution in [0.2, 0.25) is 0 Å². The highest BCUT2D eigenvalue weighted by Gasteiger charge is 2.00. The van der Waals surface area contributed by atoms with Gasteiger partial charge in [-0.25, -0.2) is 0 Å². The van der Waals surface area contributed by atoms with Crippen molar-refractivity contribution in [3.63, 3.8) is 0 Å². The van der Waals surface area contributed by atoms with Crippen LogP contribution in [0.4, 0.5) is 0 Å². The third-order valence-electron chi connectivity index (χ3n) is 2.50. The van der Waals surface area contributed by atoms with Crippen molar-refractivity contribution < 1.29 is 4.74 Å². The van der Waals surface area contributed by atoms with Gasteiger partial charge in [0.25, 0.3) is 0 Å². The van der Waals surface area contributed by atoms with Gasteiger partial charge in [0.2, 0.25) is 0 Å². The fourth-order valence-corrected chi connectivity index (χ4v) is 1.60. The van der Waals surface area contributed by atoms with Gasteiger partial charge in [0.05, 0.1) is 11.6 Å². The number of hydrogen-bond donors (Lipinski definition) is 0. The normalized spacial score (nSPS) is 10.8. The average molecular weight is 243 g/mol. The molecular formula is C12H19ClN2O. The number of pyridine rings is 1. The molecule has 0 aliphatic heterocycles. The van der Waals surface area contributed by atoms with Gasteiger partial charge in [0.1, 0.15) is 12.4 Å². The number of alkyl halides is 1. The predicted molar refractivity (Wildman–Crippen MR) is 67.1 cm³/mol. The van der Waals surface area contributed by atoms with Gasteiger partial charge in [-0.05, 0) is 19.2 Å². The Morgan fingerprint density at radius 1 is 1.38 bits per heavy atom. The number of aromatic nitrogens is 1. The third-order valence-corrected chi connectivity index (χ3v) is 2.77. The van der Waals surface area contributed by atoms with Gasteiger partial charge in [-0.2, -0.15) is 0 Å². The smallest absolute Gasteiger partial charge is 0.122 e. The summed E-state index contributed by atoms with van der Waals surface area (Å²) in [7, 11) is 0. The quantitative estimate of drug-likeness (QED) is 0.687. The van der Waals surface area contributed by atoms with E-state index >= 15 is 0 Å². The van der Waals surface area contributed by atoms with Crippen molar-refractivity contribution in [2.75, 3.05) is 26.2 Å². The minimum atomic E-state index is 0.424. The van der Waals surface area contributed by atoms with Gasteiger partial charge in [0, 0.05) is 18.8 Å². The number of halogens is 1. The molecule has 0 bridgehead atoms. The highest BCUT2D eigenvalue weighted by Crippen LogP contribution is 2.12. The molecule has 0 spiro atoms. The molecule has 0 unspecified atom stereocenters. The maximum atomic E-state index is 5.70. The number of rotatable bonds is 7. The monoisotopic (exact) mass is 242 g/mol. The first kappa shape index (κ1) is 13.3. The molecule has 0 aromatic carbocycles. The molecule has 0 aliphatic rings. The first-order valence-electron chi connectivity index (χ1n) is 5.66. The van der Waals surface area contributed by atoms with Crippen molar-refractivity contribution in [2.24, 2.45) is 0 Å². The van der Waals surface area contributed by atoms with Crippen molar-refractivity contribution in [1.82, 2.24) is 9.88 Å². The van der Waals surface area contributed by atoms with Crippen LogP contribution in [0.3, 0.4) is 0 Å². The Morgan fingerprint density at radius 3 is 2.75 bits per heavy atom. The molecule has 0 saturated heterocycles. The van der Waals surface area contributed by atoms with Crippen LogP contribution in [-0.2, 0) is 5.88 Å². The summed E-state index contributed by atoms with van der Waals surface area (Å²) in [6.45, 7) is 8.08. The summed E-state index contributed by atoms with van der Waals surface area (Å²) < 4.78 is 5.64. The van der Waals surface area contributed by atoms with E-state index in [1.54, 1.807) is 6.20 Å². The fourth-order valence-electron chi connectivity index (χ4n) is 1.45. The van der Waals surface area contributed by atoms with Crippen LogP contribution in [0.25, 0.3) is 0 Å². The van der Waals surface area contributed by atoms with E-state index in [1.807, 2.05) is 12.1 Å². The number of ether oxygens (including phenoxy) is 1. The summed E-state index contributed by atoms with van der Waals surface area (Å²) in [5.74, 6) is 1.27. The zero-order valence-corrected chi connectivity index (χ0v) is 10.7. The van der Waals surface area contributed by atoms with E-state index in [9.17, 15) is 0 Å². The molecule has 3 nitrogen and oxygen atoms in total. The van der Waals surface area contributed by atoms with Crippen molar-refractivity contribution in [1.29, 1.82) is 0 Å².